The van der Waals surface area contributed by atoms with E-state index in [9.17, 15) is 8.42 Å². The Hall–Kier alpha value is -2.16. The summed E-state index contributed by atoms with van der Waals surface area (Å²) in [5, 5.41) is 6.20. The number of aromatic nitrogens is 2. The maximum atomic E-state index is 12.7. The Morgan fingerprint density at radius 2 is 2.04 bits per heavy atom. The Kier molecular flexibility index (Phi) is 5.22. The van der Waals surface area contributed by atoms with Gasteiger partial charge in [-0.15, -0.1) is 11.3 Å². The first kappa shape index (κ1) is 17.7. The molecule has 0 spiro atoms. The number of sulfonamides is 1. The number of nitrogens with one attached hydrogen (secondary N) is 1. The lowest BCUT2D eigenvalue weighted by molar-refractivity contribution is 0.409. The van der Waals surface area contributed by atoms with E-state index in [-0.39, 0.29) is 11.4 Å². The summed E-state index contributed by atoms with van der Waals surface area (Å²) in [7, 11) is -0.337. The summed E-state index contributed by atoms with van der Waals surface area (Å²) in [6.45, 7) is 0.279. The van der Waals surface area contributed by atoms with Gasteiger partial charge in [-0.3, -0.25) is 4.68 Å². The molecule has 25 heavy (non-hydrogen) atoms. The fourth-order valence-corrected chi connectivity index (χ4v) is 4.57. The topological polar surface area (TPSA) is 73.2 Å². The molecule has 0 aliphatic carbocycles. The smallest absolute Gasteiger partial charge is 0.244 e. The van der Waals surface area contributed by atoms with E-state index in [1.807, 2.05) is 41.8 Å². The predicted octanol–water partition coefficient (Wildman–Crippen LogP) is 2.68. The second kappa shape index (κ2) is 7.38. The lowest BCUT2D eigenvalue weighted by Gasteiger charge is -2.09. The molecule has 0 saturated carbocycles. The van der Waals surface area contributed by atoms with Crippen LogP contribution in [-0.4, -0.2) is 31.9 Å². The number of thiophene rings is 1. The van der Waals surface area contributed by atoms with Crippen LogP contribution in [0.2, 0.25) is 0 Å². The maximum Gasteiger partial charge on any atom is 0.244 e. The molecule has 0 fully saturated rings. The number of hydrogen-bond acceptors (Lipinski definition) is 5. The van der Waals surface area contributed by atoms with Gasteiger partial charge in [0.1, 0.15) is 16.3 Å². The number of rotatable bonds is 7. The fraction of sp³-hybridized carbons (Fsp3) is 0.235. The third-order valence-electron chi connectivity index (χ3n) is 3.72. The van der Waals surface area contributed by atoms with Crippen molar-refractivity contribution >= 4 is 21.4 Å². The zero-order valence-corrected chi connectivity index (χ0v) is 15.6. The highest BCUT2D eigenvalue weighted by Gasteiger charge is 2.23. The van der Waals surface area contributed by atoms with Crippen LogP contribution in [0.4, 0.5) is 0 Å². The second-order valence-electron chi connectivity index (χ2n) is 5.45. The number of methoxy groups -OCH3 is 1. The minimum atomic E-state index is -3.65. The molecular weight excluding hydrogens is 358 g/mol. The van der Waals surface area contributed by atoms with Crippen molar-refractivity contribution in [1.82, 2.24) is 14.5 Å². The quantitative estimate of drug-likeness (QED) is 0.687. The first-order chi connectivity index (χ1) is 12.0. The Balaban J connectivity index is 1.77. The lowest BCUT2D eigenvalue weighted by Crippen LogP contribution is -2.26. The van der Waals surface area contributed by atoms with E-state index in [2.05, 4.69) is 9.82 Å². The average Bonchev–Trinajstić information content (AvgIpc) is 3.24. The van der Waals surface area contributed by atoms with Crippen LogP contribution in [0.25, 0.3) is 10.6 Å². The molecule has 0 saturated heterocycles. The molecule has 1 aromatic carbocycles. The number of aryl methyl sites for hydroxylation is 1. The number of para-hydroxylation sites is 1. The predicted molar refractivity (Wildman–Crippen MR) is 98.4 cm³/mol. The number of benzene rings is 1. The summed E-state index contributed by atoms with van der Waals surface area (Å²) in [4.78, 5) is 1.02. The van der Waals surface area contributed by atoms with E-state index in [0.29, 0.717) is 12.1 Å². The third kappa shape index (κ3) is 3.92. The molecule has 2 aromatic heterocycles. The summed E-state index contributed by atoms with van der Waals surface area (Å²) >= 11 is 1.46. The van der Waals surface area contributed by atoms with Crippen LogP contribution in [0.1, 0.15) is 5.56 Å². The van der Waals surface area contributed by atoms with Crippen molar-refractivity contribution in [2.75, 3.05) is 13.7 Å². The summed E-state index contributed by atoms with van der Waals surface area (Å²) in [5.74, 6) is 0.752. The second-order valence-corrected chi connectivity index (χ2v) is 8.14. The molecule has 3 aromatic rings. The Labute approximate surface area is 151 Å². The van der Waals surface area contributed by atoms with Gasteiger partial charge in [0, 0.05) is 19.8 Å². The molecule has 0 amide bonds. The minimum Gasteiger partial charge on any atom is -0.496 e. The summed E-state index contributed by atoms with van der Waals surface area (Å²) < 4.78 is 34.9. The van der Waals surface area contributed by atoms with Gasteiger partial charge in [0.25, 0.3) is 0 Å². The highest BCUT2D eigenvalue weighted by atomic mass is 32.2. The van der Waals surface area contributed by atoms with Crippen LogP contribution in [0, 0.1) is 0 Å². The van der Waals surface area contributed by atoms with Crippen molar-refractivity contribution < 1.29 is 13.2 Å². The van der Waals surface area contributed by atoms with E-state index in [1.165, 1.54) is 22.2 Å². The normalized spacial score (nSPS) is 11.6. The van der Waals surface area contributed by atoms with Crippen molar-refractivity contribution in [3.05, 3.63) is 53.5 Å². The third-order valence-corrected chi connectivity index (χ3v) is 6.06. The van der Waals surface area contributed by atoms with Crippen molar-refractivity contribution in [2.24, 2.45) is 7.05 Å². The molecule has 132 valence electrons. The molecule has 0 unspecified atom stereocenters. The van der Waals surface area contributed by atoms with Crippen LogP contribution < -0.4 is 9.46 Å². The molecule has 1 N–H and O–H groups in total. The minimum absolute atomic E-state index is 0.192. The molecule has 0 bridgehead atoms. The molecule has 6 nitrogen and oxygen atoms in total. The Morgan fingerprint density at radius 1 is 1.24 bits per heavy atom. The van der Waals surface area contributed by atoms with E-state index < -0.39 is 10.0 Å². The summed E-state index contributed by atoms with van der Waals surface area (Å²) in [6, 6.07) is 11.3. The molecule has 3 rings (SSSR count). The van der Waals surface area contributed by atoms with Gasteiger partial charge >= 0.3 is 0 Å². The molecule has 2 heterocycles. The average molecular weight is 377 g/mol. The van der Waals surface area contributed by atoms with E-state index in [1.54, 1.807) is 14.2 Å². The van der Waals surface area contributed by atoms with Crippen LogP contribution >= 0.6 is 11.3 Å². The zero-order chi connectivity index (χ0) is 17.9. The van der Waals surface area contributed by atoms with E-state index in [4.69, 9.17) is 4.74 Å². The Morgan fingerprint density at radius 3 is 2.76 bits per heavy atom. The van der Waals surface area contributed by atoms with Crippen molar-refractivity contribution in [2.45, 2.75) is 11.3 Å². The Bertz CT molecular complexity index is 947. The van der Waals surface area contributed by atoms with Gasteiger partial charge in [0.2, 0.25) is 10.0 Å². The van der Waals surface area contributed by atoms with E-state index in [0.717, 1.165) is 16.2 Å². The van der Waals surface area contributed by atoms with Crippen molar-refractivity contribution in [1.29, 1.82) is 0 Å². The number of ether oxygens (including phenoxy) is 1. The largest absolute Gasteiger partial charge is 0.496 e. The standard InChI is InChI=1S/C17H19N3O3S2/c1-20-12-16(17(19-20)15-8-5-11-24-15)25(21,22)18-10-9-13-6-3-4-7-14(13)23-2/h3-8,11-12,18H,9-10H2,1-2H3. The highest BCUT2D eigenvalue weighted by Crippen LogP contribution is 2.29. The monoisotopic (exact) mass is 377 g/mol. The van der Waals surface area contributed by atoms with Gasteiger partial charge < -0.3 is 4.74 Å². The zero-order valence-electron chi connectivity index (χ0n) is 14.0. The first-order valence-corrected chi connectivity index (χ1v) is 10.1. The van der Waals surface area contributed by atoms with Gasteiger partial charge in [-0.05, 0) is 29.5 Å². The van der Waals surface area contributed by atoms with Gasteiger partial charge in [-0.25, -0.2) is 13.1 Å². The van der Waals surface area contributed by atoms with Gasteiger partial charge in [0.05, 0.1) is 12.0 Å². The summed E-state index contributed by atoms with van der Waals surface area (Å²) in [5.41, 5.74) is 1.43. The van der Waals surface area contributed by atoms with Crippen molar-refractivity contribution in [3.63, 3.8) is 0 Å². The molecule has 0 radical (unpaired) electrons. The van der Waals surface area contributed by atoms with Crippen LogP contribution in [0.5, 0.6) is 5.75 Å². The maximum absolute atomic E-state index is 12.7. The molecule has 8 heteroatoms. The van der Waals surface area contributed by atoms with Gasteiger partial charge in [0.15, 0.2) is 0 Å². The molecule has 0 atom stereocenters. The van der Waals surface area contributed by atoms with Gasteiger partial charge in [-0.2, -0.15) is 5.10 Å². The fourth-order valence-electron chi connectivity index (χ4n) is 2.55. The van der Waals surface area contributed by atoms with Crippen LogP contribution in [0.3, 0.4) is 0 Å². The van der Waals surface area contributed by atoms with E-state index >= 15 is 0 Å². The van der Waals surface area contributed by atoms with Crippen LogP contribution in [-0.2, 0) is 23.5 Å². The molecular formula is C17H19N3O3S2. The first-order valence-electron chi connectivity index (χ1n) is 7.70. The summed E-state index contributed by atoms with van der Waals surface area (Å²) in [6.07, 6.45) is 2.07. The lowest BCUT2D eigenvalue weighted by atomic mass is 10.1. The van der Waals surface area contributed by atoms with Crippen molar-refractivity contribution in [3.8, 4) is 16.3 Å². The highest BCUT2D eigenvalue weighted by molar-refractivity contribution is 7.89. The van der Waals surface area contributed by atoms with Crippen LogP contribution in [0.15, 0.2) is 52.9 Å². The number of nitrogens with zero attached hydrogens (tertiary/aromatic N) is 2. The number of hydrogen-bond donors (Lipinski definition) is 1. The molecule has 0 aliphatic heterocycles. The van der Waals surface area contributed by atoms with Gasteiger partial charge in [-0.1, -0.05) is 24.3 Å². The SMILES string of the molecule is COc1ccccc1CCNS(=O)(=O)c1cn(C)nc1-c1cccs1. The molecule has 0 aliphatic rings.